The molecule has 0 unspecified atom stereocenters. The van der Waals surface area contributed by atoms with Crippen LogP contribution in [0.25, 0.3) is 11.3 Å². The molecule has 0 amide bonds. The van der Waals surface area contributed by atoms with E-state index in [1.54, 1.807) is 0 Å². The molecule has 0 aliphatic carbocycles. The number of anilines is 1. The van der Waals surface area contributed by atoms with Crippen molar-refractivity contribution in [3.05, 3.63) is 29.0 Å². The van der Waals surface area contributed by atoms with Crippen LogP contribution in [0.3, 0.4) is 0 Å². The quantitative estimate of drug-likeness (QED) is 0.811. The van der Waals surface area contributed by atoms with Crippen LogP contribution in [0.4, 0.5) is 10.3 Å². The van der Waals surface area contributed by atoms with Crippen LogP contribution < -0.4 is 9.04 Å². The number of carbonyl (C=O) groups excluding carboxylic acids is 1. The van der Waals surface area contributed by atoms with E-state index in [1.165, 1.54) is 12.1 Å². The summed E-state index contributed by atoms with van der Waals surface area (Å²) in [7, 11) is -3.65. The molecule has 1 aromatic carbocycles. The van der Waals surface area contributed by atoms with Crippen LogP contribution in [0.2, 0.25) is 5.02 Å². The van der Waals surface area contributed by atoms with E-state index < -0.39 is 33.3 Å². The maximum absolute atomic E-state index is 13.3. The summed E-state index contributed by atoms with van der Waals surface area (Å²) in [5.74, 6) is -3.00. The highest BCUT2D eigenvalue weighted by atomic mass is 35.5. The van der Waals surface area contributed by atoms with Gasteiger partial charge in [-0.2, -0.15) is 0 Å². The minimum absolute atomic E-state index is 0.0916. The van der Waals surface area contributed by atoms with Gasteiger partial charge in [0.25, 0.3) is 5.88 Å². The Morgan fingerprint density at radius 2 is 2.16 bits per heavy atom. The number of ether oxygens (including phenoxy) is 1. The van der Waals surface area contributed by atoms with Gasteiger partial charge in [-0.1, -0.05) is 11.6 Å². The van der Waals surface area contributed by atoms with Crippen LogP contribution >= 0.6 is 11.6 Å². The molecule has 10 heteroatoms. The molecule has 134 valence electrons. The summed E-state index contributed by atoms with van der Waals surface area (Å²) in [6.45, 7) is 1.22. The molecular formula is C15H13ClFNO6S. The topological polar surface area (TPSA) is 97.0 Å². The van der Waals surface area contributed by atoms with Crippen molar-refractivity contribution in [2.24, 2.45) is 0 Å². The normalized spacial score (nSPS) is 16.2. The van der Waals surface area contributed by atoms with Gasteiger partial charge in [-0.25, -0.2) is 17.1 Å². The van der Waals surface area contributed by atoms with Crippen LogP contribution in [0.5, 0.6) is 11.5 Å². The number of rotatable bonds is 3. The largest absolute Gasteiger partial charge is 0.502 e. The van der Waals surface area contributed by atoms with Crippen LogP contribution in [0.15, 0.2) is 22.6 Å². The Kier molecular flexibility index (Phi) is 4.38. The van der Waals surface area contributed by atoms with Gasteiger partial charge in [-0.05, 0) is 24.6 Å². The second-order valence-electron chi connectivity index (χ2n) is 5.38. The molecule has 2 aromatic rings. The molecule has 2 heterocycles. The second-order valence-corrected chi connectivity index (χ2v) is 7.80. The van der Waals surface area contributed by atoms with E-state index in [-0.39, 0.29) is 34.5 Å². The first-order valence-corrected chi connectivity index (χ1v) is 9.19. The van der Waals surface area contributed by atoms with E-state index in [2.05, 4.69) is 0 Å². The van der Waals surface area contributed by atoms with Gasteiger partial charge >= 0.3 is 5.97 Å². The summed E-state index contributed by atoms with van der Waals surface area (Å²) < 4.78 is 49.0. The molecule has 0 saturated carbocycles. The third-order valence-electron chi connectivity index (χ3n) is 3.58. The van der Waals surface area contributed by atoms with Crippen molar-refractivity contribution >= 4 is 33.5 Å². The Morgan fingerprint density at radius 1 is 1.44 bits per heavy atom. The Morgan fingerprint density at radius 3 is 2.72 bits per heavy atom. The van der Waals surface area contributed by atoms with Crippen molar-refractivity contribution in [3.8, 4) is 22.8 Å². The zero-order valence-electron chi connectivity index (χ0n) is 13.0. The van der Waals surface area contributed by atoms with E-state index >= 15 is 0 Å². The summed E-state index contributed by atoms with van der Waals surface area (Å²) in [4.78, 5) is 11.3. The maximum Gasteiger partial charge on any atom is 0.308 e. The zero-order chi connectivity index (χ0) is 18.4. The highest BCUT2D eigenvalue weighted by Gasteiger charge is 2.37. The minimum atomic E-state index is -3.65. The summed E-state index contributed by atoms with van der Waals surface area (Å²) >= 11 is 5.73. The molecule has 3 rings (SSSR count). The first-order valence-electron chi connectivity index (χ1n) is 7.20. The van der Waals surface area contributed by atoms with E-state index in [1.807, 2.05) is 0 Å². The molecule has 7 nitrogen and oxygen atoms in total. The zero-order valence-corrected chi connectivity index (χ0v) is 14.5. The molecule has 1 aromatic heterocycles. The number of carbonyl (C=O) groups is 1. The predicted octanol–water partition coefficient (Wildman–Crippen LogP) is 2.91. The fraction of sp³-hybridized carbons (Fsp3) is 0.267. The molecule has 1 aliphatic rings. The lowest BCUT2D eigenvalue weighted by atomic mass is 10.1. The lowest BCUT2D eigenvalue weighted by Crippen LogP contribution is -2.25. The smallest absolute Gasteiger partial charge is 0.308 e. The molecule has 1 saturated heterocycles. The summed E-state index contributed by atoms with van der Waals surface area (Å²) in [5, 5.41) is 10.2. The van der Waals surface area contributed by atoms with Gasteiger partial charge in [0, 0.05) is 19.0 Å². The van der Waals surface area contributed by atoms with Gasteiger partial charge in [-0.15, -0.1) is 0 Å². The molecule has 1 N–H and O–H groups in total. The van der Waals surface area contributed by atoms with E-state index in [0.29, 0.717) is 6.42 Å². The highest BCUT2D eigenvalue weighted by Crippen LogP contribution is 2.49. The van der Waals surface area contributed by atoms with Crippen molar-refractivity contribution in [1.29, 1.82) is 0 Å². The van der Waals surface area contributed by atoms with Gasteiger partial charge in [-0.3, -0.25) is 4.79 Å². The van der Waals surface area contributed by atoms with Gasteiger partial charge in [0.15, 0.2) is 5.76 Å². The lowest BCUT2D eigenvalue weighted by Gasteiger charge is -2.14. The first kappa shape index (κ1) is 17.6. The number of furan rings is 1. The molecule has 0 spiro atoms. The number of benzene rings is 1. The summed E-state index contributed by atoms with van der Waals surface area (Å²) in [6, 6.07) is 3.56. The number of hydrogen-bond donors (Lipinski definition) is 1. The molecule has 0 bridgehead atoms. The summed E-state index contributed by atoms with van der Waals surface area (Å²) in [6.07, 6.45) is 0.362. The van der Waals surface area contributed by atoms with E-state index in [4.69, 9.17) is 20.8 Å². The van der Waals surface area contributed by atoms with Crippen molar-refractivity contribution in [3.63, 3.8) is 0 Å². The summed E-state index contributed by atoms with van der Waals surface area (Å²) in [5.41, 5.74) is 0.195. The molecule has 0 radical (unpaired) electrons. The second kappa shape index (κ2) is 6.23. The Labute approximate surface area is 147 Å². The monoisotopic (exact) mass is 389 g/mol. The molecule has 25 heavy (non-hydrogen) atoms. The number of hydrogen-bond acceptors (Lipinski definition) is 6. The predicted molar refractivity (Wildman–Crippen MR) is 87.8 cm³/mol. The average Bonchev–Trinajstić information content (AvgIpc) is 3.02. The standard InChI is InChI=1S/C15H13ClFNO6S/c1-8(19)23-14-12(20)13(9-3-4-11(17)10(16)7-9)24-15(14)18-5-2-6-25(18,21)22/h3-4,7,20H,2,5-6H2,1H3. The number of esters is 1. The third-order valence-corrected chi connectivity index (χ3v) is 5.69. The number of nitrogens with zero attached hydrogens (tertiary/aromatic N) is 1. The number of aromatic hydroxyl groups is 1. The Balaban J connectivity index is 2.18. The van der Waals surface area contributed by atoms with Crippen molar-refractivity contribution in [1.82, 2.24) is 0 Å². The number of sulfonamides is 1. The minimum Gasteiger partial charge on any atom is -0.502 e. The van der Waals surface area contributed by atoms with Gasteiger partial charge in [0.05, 0.1) is 10.8 Å². The van der Waals surface area contributed by atoms with Crippen molar-refractivity contribution in [2.75, 3.05) is 16.6 Å². The maximum atomic E-state index is 13.3. The third kappa shape index (κ3) is 3.16. The van der Waals surface area contributed by atoms with Gasteiger partial charge in [0.1, 0.15) is 5.82 Å². The van der Waals surface area contributed by atoms with Crippen LogP contribution in [0, 0.1) is 5.82 Å². The fourth-order valence-electron chi connectivity index (χ4n) is 2.50. The van der Waals surface area contributed by atoms with Gasteiger partial charge in [0.2, 0.25) is 21.5 Å². The van der Waals surface area contributed by atoms with E-state index in [9.17, 15) is 22.7 Å². The molecule has 1 fully saturated rings. The number of halogens is 2. The SMILES string of the molecule is CC(=O)Oc1c(N2CCCS2(=O)=O)oc(-c2ccc(F)c(Cl)c2)c1O. The van der Waals surface area contributed by atoms with E-state index in [0.717, 1.165) is 17.3 Å². The average molecular weight is 390 g/mol. The Bertz CT molecular complexity index is 955. The van der Waals surface area contributed by atoms with Gasteiger partial charge < -0.3 is 14.3 Å². The Hall–Kier alpha value is -2.26. The fourth-order valence-corrected chi connectivity index (χ4v) is 4.17. The highest BCUT2D eigenvalue weighted by molar-refractivity contribution is 7.93. The van der Waals surface area contributed by atoms with Crippen molar-refractivity contribution in [2.45, 2.75) is 13.3 Å². The van der Waals surface area contributed by atoms with Crippen LogP contribution in [-0.2, 0) is 14.8 Å². The molecule has 1 aliphatic heterocycles. The first-order chi connectivity index (χ1) is 11.7. The van der Waals surface area contributed by atoms with Crippen molar-refractivity contribution < 1.29 is 31.9 Å². The molecule has 0 atom stereocenters. The lowest BCUT2D eigenvalue weighted by molar-refractivity contribution is -0.132. The molecular weight excluding hydrogens is 377 g/mol. The van der Waals surface area contributed by atoms with Crippen LogP contribution in [0.1, 0.15) is 13.3 Å². The van der Waals surface area contributed by atoms with Crippen LogP contribution in [-0.4, -0.2) is 31.8 Å².